The second-order valence-electron chi connectivity index (χ2n) is 7.19. The molecule has 1 atom stereocenters. The highest BCUT2D eigenvalue weighted by atomic mass is 16.4. The molecule has 1 N–H and O–H groups in total. The first-order valence-corrected chi connectivity index (χ1v) is 9.51. The highest BCUT2D eigenvalue weighted by Gasteiger charge is 2.38. The molecule has 3 aromatic rings. The van der Waals surface area contributed by atoms with E-state index < -0.39 is 5.97 Å². The van der Waals surface area contributed by atoms with E-state index in [0.717, 1.165) is 36.6 Å². The highest BCUT2D eigenvalue weighted by Crippen LogP contribution is 2.42. The summed E-state index contributed by atoms with van der Waals surface area (Å²) in [7, 11) is 0. The fourth-order valence-electron chi connectivity index (χ4n) is 4.29. The molecular weight excluding hydrogens is 360 g/mol. The lowest BCUT2D eigenvalue weighted by atomic mass is 10.0. The zero-order valence-corrected chi connectivity index (χ0v) is 15.4. The van der Waals surface area contributed by atoms with E-state index in [2.05, 4.69) is 32.1 Å². The number of anilines is 1. The first kappa shape index (κ1) is 16.8. The van der Waals surface area contributed by atoms with Gasteiger partial charge < -0.3 is 10.0 Å². The van der Waals surface area contributed by atoms with Crippen molar-refractivity contribution in [3.63, 3.8) is 0 Å². The van der Waals surface area contributed by atoms with Gasteiger partial charge in [-0.1, -0.05) is 19.8 Å². The van der Waals surface area contributed by atoms with Crippen molar-refractivity contribution in [1.82, 2.24) is 34.5 Å². The highest BCUT2D eigenvalue weighted by molar-refractivity contribution is 5.86. The quantitative estimate of drug-likeness (QED) is 0.732. The van der Waals surface area contributed by atoms with Crippen molar-refractivity contribution in [2.24, 2.45) is 0 Å². The van der Waals surface area contributed by atoms with Gasteiger partial charge in [-0.25, -0.2) is 14.5 Å². The van der Waals surface area contributed by atoms with Gasteiger partial charge in [0.25, 0.3) is 5.95 Å². The summed E-state index contributed by atoms with van der Waals surface area (Å²) in [6, 6.07) is 0.483. The Morgan fingerprint density at radius 3 is 2.82 bits per heavy atom. The molecule has 0 unspecified atom stereocenters. The Morgan fingerprint density at radius 1 is 1.29 bits per heavy atom. The number of nitrogens with zero attached hydrogens (tertiary/aromatic N) is 8. The van der Waals surface area contributed by atoms with E-state index in [1.165, 1.54) is 29.9 Å². The molecule has 0 aromatic carbocycles. The zero-order valence-electron chi connectivity index (χ0n) is 15.4. The minimum Gasteiger partial charge on any atom is -0.478 e. The summed E-state index contributed by atoms with van der Waals surface area (Å²) in [5, 5.41) is 21.7. The molecule has 0 radical (unpaired) electrons. The maximum atomic E-state index is 11.2. The maximum absolute atomic E-state index is 11.2. The van der Waals surface area contributed by atoms with Crippen molar-refractivity contribution in [3.8, 4) is 11.6 Å². The van der Waals surface area contributed by atoms with Gasteiger partial charge in [-0.3, -0.25) is 4.57 Å². The monoisotopic (exact) mass is 380 g/mol. The third-order valence-corrected chi connectivity index (χ3v) is 5.59. The summed E-state index contributed by atoms with van der Waals surface area (Å²) in [4.78, 5) is 22.8. The van der Waals surface area contributed by atoms with Crippen molar-refractivity contribution in [3.05, 3.63) is 36.3 Å². The number of fused-ring (bicyclic) bond motifs is 3. The molecule has 1 fully saturated rings. The number of carboxylic acid groups (broad SMARTS) is 1. The number of hydrogen-bond donors (Lipinski definition) is 1. The van der Waals surface area contributed by atoms with Crippen molar-refractivity contribution in [2.75, 3.05) is 4.90 Å². The molecule has 0 amide bonds. The van der Waals surface area contributed by atoms with E-state index in [-0.39, 0.29) is 11.6 Å². The number of aromatic nitrogens is 7. The summed E-state index contributed by atoms with van der Waals surface area (Å²) < 4.78 is 3.35. The van der Waals surface area contributed by atoms with Gasteiger partial charge in [0.05, 0.1) is 24.0 Å². The Balaban J connectivity index is 1.66. The molecule has 10 nitrogen and oxygen atoms in total. The van der Waals surface area contributed by atoms with Crippen LogP contribution in [-0.4, -0.2) is 51.6 Å². The van der Waals surface area contributed by atoms with Crippen LogP contribution in [0.4, 0.5) is 5.82 Å². The predicted molar refractivity (Wildman–Crippen MR) is 98.8 cm³/mol. The van der Waals surface area contributed by atoms with Crippen LogP contribution in [0.5, 0.6) is 0 Å². The summed E-state index contributed by atoms with van der Waals surface area (Å²) in [5.74, 6) is 1.05. The second kappa shape index (κ2) is 6.39. The van der Waals surface area contributed by atoms with Crippen LogP contribution in [0.25, 0.3) is 11.6 Å². The number of carboxylic acids is 1. The van der Waals surface area contributed by atoms with E-state index in [1.807, 2.05) is 4.57 Å². The van der Waals surface area contributed by atoms with Crippen LogP contribution in [0.1, 0.15) is 61.3 Å². The predicted octanol–water partition coefficient (Wildman–Crippen LogP) is 2.15. The molecule has 0 spiro atoms. The minimum atomic E-state index is -1.03. The summed E-state index contributed by atoms with van der Waals surface area (Å²) in [6.07, 6.45) is 11.7. The zero-order chi connectivity index (χ0) is 19.3. The molecule has 5 rings (SSSR count). The lowest BCUT2D eigenvalue weighted by molar-refractivity contribution is 0.0697. The van der Waals surface area contributed by atoms with E-state index in [9.17, 15) is 4.79 Å². The largest absolute Gasteiger partial charge is 0.478 e. The Morgan fingerprint density at radius 2 is 2.11 bits per heavy atom. The lowest BCUT2D eigenvalue weighted by Crippen LogP contribution is -2.42. The van der Waals surface area contributed by atoms with Gasteiger partial charge in [0.15, 0.2) is 11.6 Å². The van der Waals surface area contributed by atoms with Gasteiger partial charge in [0, 0.05) is 12.2 Å². The average molecular weight is 380 g/mol. The van der Waals surface area contributed by atoms with Crippen molar-refractivity contribution in [2.45, 2.75) is 51.1 Å². The molecule has 28 heavy (non-hydrogen) atoms. The van der Waals surface area contributed by atoms with Gasteiger partial charge in [-0.2, -0.15) is 10.1 Å². The Labute approximate surface area is 160 Å². The Kier molecular flexibility index (Phi) is 3.85. The van der Waals surface area contributed by atoms with Crippen LogP contribution in [-0.2, 0) is 0 Å². The van der Waals surface area contributed by atoms with Crippen LogP contribution in [0.15, 0.2) is 24.9 Å². The van der Waals surface area contributed by atoms with Crippen molar-refractivity contribution >= 4 is 11.8 Å². The third-order valence-electron chi connectivity index (χ3n) is 5.59. The van der Waals surface area contributed by atoms with E-state index in [0.29, 0.717) is 12.0 Å². The molecule has 144 valence electrons. The molecule has 0 saturated heterocycles. The molecule has 0 bridgehead atoms. The van der Waals surface area contributed by atoms with Gasteiger partial charge in [-0.15, -0.1) is 10.2 Å². The van der Waals surface area contributed by atoms with Gasteiger partial charge in [-0.05, 0) is 19.3 Å². The van der Waals surface area contributed by atoms with Crippen LogP contribution in [0, 0.1) is 0 Å². The fourth-order valence-corrected chi connectivity index (χ4v) is 4.29. The summed E-state index contributed by atoms with van der Waals surface area (Å²) in [6.45, 7) is 2.14. The lowest BCUT2D eigenvalue weighted by Gasteiger charge is -2.40. The molecule has 3 aromatic heterocycles. The average Bonchev–Trinajstić information content (AvgIpc) is 3.47. The van der Waals surface area contributed by atoms with Crippen molar-refractivity contribution in [1.29, 1.82) is 0 Å². The topological polar surface area (TPSA) is 115 Å². The first-order chi connectivity index (χ1) is 13.7. The second-order valence-corrected chi connectivity index (χ2v) is 7.19. The van der Waals surface area contributed by atoms with Gasteiger partial charge in [0.1, 0.15) is 12.0 Å². The summed E-state index contributed by atoms with van der Waals surface area (Å²) >= 11 is 0. The molecule has 2 aliphatic rings. The molecule has 1 aliphatic carbocycles. The first-order valence-electron chi connectivity index (χ1n) is 9.51. The van der Waals surface area contributed by atoms with Crippen LogP contribution >= 0.6 is 0 Å². The molecule has 1 saturated carbocycles. The van der Waals surface area contributed by atoms with Gasteiger partial charge >= 0.3 is 5.97 Å². The third kappa shape index (κ3) is 2.48. The SMILES string of the molecule is CC[C@@H]1c2nncn2-c2cnc(-n3cc(C(=O)O)cn3)nc2N1C1CCCC1. The Hall–Kier alpha value is -3.30. The normalized spacial score (nSPS) is 18.9. The van der Waals surface area contributed by atoms with E-state index in [1.54, 1.807) is 12.5 Å². The number of rotatable bonds is 4. The molecule has 10 heteroatoms. The van der Waals surface area contributed by atoms with Crippen LogP contribution < -0.4 is 4.90 Å². The van der Waals surface area contributed by atoms with E-state index >= 15 is 0 Å². The molecular formula is C18H20N8O2. The van der Waals surface area contributed by atoms with Crippen molar-refractivity contribution < 1.29 is 9.90 Å². The smallest absolute Gasteiger partial charge is 0.338 e. The minimum absolute atomic E-state index is 0.0908. The van der Waals surface area contributed by atoms with Gasteiger partial charge in [0.2, 0.25) is 0 Å². The number of carbonyl (C=O) groups is 1. The number of hydrogen-bond acceptors (Lipinski definition) is 7. The maximum Gasteiger partial charge on any atom is 0.338 e. The fraction of sp³-hybridized carbons (Fsp3) is 0.444. The number of aromatic carboxylic acids is 1. The van der Waals surface area contributed by atoms with E-state index in [4.69, 9.17) is 10.1 Å². The molecule has 1 aliphatic heterocycles. The standard InChI is InChI=1S/C18H20N8O2/c1-2-13-16-23-20-10-24(16)14-8-19-18(25-9-11(7-21-25)17(27)28)22-15(14)26(13)12-5-3-4-6-12/h7-10,12-13H,2-6H2,1H3,(H,27,28)/t13-/m1/s1. The Bertz CT molecular complexity index is 1040. The molecule has 4 heterocycles. The summed E-state index contributed by atoms with van der Waals surface area (Å²) in [5.41, 5.74) is 0.937. The van der Waals surface area contributed by atoms with Crippen LogP contribution in [0.3, 0.4) is 0 Å². The van der Waals surface area contributed by atoms with Crippen LogP contribution in [0.2, 0.25) is 0 Å².